The summed E-state index contributed by atoms with van der Waals surface area (Å²) in [5.41, 5.74) is 1.59. The van der Waals surface area contributed by atoms with Crippen LogP contribution in [0, 0.1) is 0 Å². The highest BCUT2D eigenvalue weighted by Gasteiger charge is 2.13. The van der Waals surface area contributed by atoms with Crippen LogP contribution in [0.1, 0.15) is 18.7 Å². The first-order valence-electron chi connectivity index (χ1n) is 5.60. The van der Waals surface area contributed by atoms with Crippen molar-refractivity contribution in [2.24, 2.45) is 0 Å². The zero-order chi connectivity index (χ0) is 13.3. The zero-order valence-corrected chi connectivity index (χ0v) is 12.2. The number of imidazole rings is 1. The molecule has 18 heavy (non-hydrogen) atoms. The molecule has 2 rings (SSSR count). The van der Waals surface area contributed by atoms with Crippen LogP contribution in [0.5, 0.6) is 0 Å². The van der Waals surface area contributed by atoms with E-state index in [0.717, 1.165) is 22.6 Å². The predicted molar refractivity (Wildman–Crippen MR) is 76.0 cm³/mol. The first kappa shape index (κ1) is 13.4. The number of aromatic nitrogens is 2. The van der Waals surface area contributed by atoms with Gasteiger partial charge in [0, 0.05) is 17.9 Å². The maximum atomic E-state index is 11.5. The maximum absolute atomic E-state index is 11.5. The molecule has 98 valence electrons. The molecule has 0 amide bonds. The topological polar surface area (TPSA) is 62.8 Å². The van der Waals surface area contributed by atoms with E-state index in [0.29, 0.717) is 10.8 Å². The standard InChI is InChI=1S/C12H16N2O2S2/c1-8(7-17-2)12-13-10-5-4-9(18(3,15)16)6-11(10)14-12/h4-6,8H,7H2,1-3H3,(H,13,14). The molecular weight excluding hydrogens is 268 g/mol. The van der Waals surface area contributed by atoms with E-state index in [4.69, 9.17) is 0 Å². The van der Waals surface area contributed by atoms with Gasteiger partial charge in [-0.25, -0.2) is 13.4 Å². The van der Waals surface area contributed by atoms with Crippen molar-refractivity contribution >= 4 is 32.6 Å². The van der Waals surface area contributed by atoms with Gasteiger partial charge >= 0.3 is 0 Å². The smallest absolute Gasteiger partial charge is 0.175 e. The predicted octanol–water partition coefficient (Wildman–Crippen LogP) is 2.43. The molecule has 1 aromatic heterocycles. The van der Waals surface area contributed by atoms with E-state index in [9.17, 15) is 8.42 Å². The molecule has 2 aromatic rings. The number of thioether (sulfide) groups is 1. The minimum atomic E-state index is -3.17. The lowest BCUT2D eigenvalue weighted by molar-refractivity contribution is 0.602. The van der Waals surface area contributed by atoms with Crippen LogP contribution in [0.3, 0.4) is 0 Å². The van der Waals surface area contributed by atoms with E-state index in [-0.39, 0.29) is 0 Å². The third-order valence-corrected chi connectivity index (χ3v) is 4.73. The number of sulfone groups is 1. The van der Waals surface area contributed by atoms with Gasteiger partial charge in [0.2, 0.25) is 0 Å². The van der Waals surface area contributed by atoms with Crippen molar-refractivity contribution in [1.82, 2.24) is 9.97 Å². The van der Waals surface area contributed by atoms with Gasteiger partial charge in [0.1, 0.15) is 5.82 Å². The molecule has 1 unspecified atom stereocenters. The number of nitrogens with one attached hydrogen (secondary N) is 1. The van der Waals surface area contributed by atoms with Gasteiger partial charge in [0.15, 0.2) is 9.84 Å². The van der Waals surface area contributed by atoms with E-state index in [1.54, 1.807) is 30.0 Å². The fourth-order valence-electron chi connectivity index (χ4n) is 1.80. The Morgan fingerprint density at radius 2 is 2.17 bits per heavy atom. The summed E-state index contributed by atoms with van der Waals surface area (Å²) >= 11 is 1.77. The molecule has 0 aliphatic carbocycles. The van der Waals surface area contributed by atoms with Crippen molar-refractivity contribution in [1.29, 1.82) is 0 Å². The normalized spacial score (nSPS) is 13.9. The Labute approximate surface area is 111 Å². The second-order valence-electron chi connectivity index (χ2n) is 4.43. The molecule has 0 radical (unpaired) electrons. The molecular formula is C12H16N2O2S2. The fraction of sp³-hybridized carbons (Fsp3) is 0.417. The Morgan fingerprint density at radius 1 is 1.44 bits per heavy atom. The first-order valence-corrected chi connectivity index (χ1v) is 8.89. The third-order valence-electron chi connectivity index (χ3n) is 2.78. The number of hydrogen-bond acceptors (Lipinski definition) is 4. The van der Waals surface area contributed by atoms with Crippen molar-refractivity contribution in [3.05, 3.63) is 24.0 Å². The zero-order valence-electron chi connectivity index (χ0n) is 10.6. The van der Waals surface area contributed by atoms with Gasteiger partial charge in [-0.15, -0.1) is 0 Å². The van der Waals surface area contributed by atoms with Crippen molar-refractivity contribution in [3.8, 4) is 0 Å². The lowest BCUT2D eigenvalue weighted by atomic mass is 10.2. The average molecular weight is 284 g/mol. The van der Waals surface area contributed by atoms with Gasteiger partial charge in [-0.1, -0.05) is 6.92 Å². The van der Waals surface area contributed by atoms with Gasteiger partial charge in [0.25, 0.3) is 0 Å². The number of H-pyrrole nitrogens is 1. The van der Waals surface area contributed by atoms with E-state index >= 15 is 0 Å². The molecule has 6 heteroatoms. The summed E-state index contributed by atoms with van der Waals surface area (Å²) in [5, 5.41) is 0. The number of hydrogen-bond donors (Lipinski definition) is 1. The lowest BCUT2D eigenvalue weighted by Crippen LogP contribution is -1.98. The molecule has 4 nitrogen and oxygen atoms in total. The van der Waals surface area contributed by atoms with Crippen LogP contribution in [0.2, 0.25) is 0 Å². The van der Waals surface area contributed by atoms with E-state index in [2.05, 4.69) is 23.1 Å². The number of aromatic amines is 1. The highest BCUT2D eigenvalue weighted by atomic mass is 32.2. The molecule has 0 fully saturated rings. The Balaban J connectivity index is 2.46. The first-order chi connectivity index (χ1) is 8.41. The lowest BCUT2D eigenvalue weighted by Gasteiger charge is -2.04. The molecule has 0 spiro atoms. The molecule has 0 aliphatic rings. The summed E-state index contributed by atoms with van der Waals surface area (Å²) in [6.45, 7) is 2.10. The summed E-state index contributed by atoms with van der Waals surface area (Å²) in [4.78, 5) is 8.02. The highest BCUT2D eigenvalue weighted by molar-refractivity contribution is 7.98. The quantitative estimate of drug-likeness (QED) is 0.936. The molecule has 0 bridgehead atoms. The molecule has 0 aliphatic heterocycles. The number of rotatable bonds is 4. The van der Waals surface area contributed by atoms with Crippen molar-refractivity contribution in [2.75, 3.05) is 18.3 Å². The van der Waals surface area contributed by atoms with Gasteiger partial charge < -0.3 is 4.98 Å². The third kappa shape index (κ3) is 2.70. The van der Waals surface area contributed by atoms with Crippen LogP contribution in [0.4, 0.5) is 0 Å². The van der Waals surface area contributed by atoms with Crippen molar-refractivity contribution < 1.29 is 8.42 Å². The number of fused-ring (bicyclic) bond motifs is 1. The van der Waals surface area contributed by atoms with Crippen LogP contribution >= 0.6 is 11.8 Å². The van der Waals surface area contributed by atoms with Crippen LogP contribution in [0.25, 0.3) is 11.0 Å². The minimum Gasteiger partial charge on any atom is -0.342 e. The number of nitrogens with zero attached hydrogens (tertiary/aromatic N) is 1. The summed E-state index contributed by atoms with van der Waals surface area (Å²) in [5.74, 6) is 2.22. The van der Waals surface area contributed by atoms with Gasteiger partial charge in [-0.2, -0.15) is 11.8 Å². The Hall–Kier alpha value is -1.01. The molecule has 1 N–H and O–H groups in total. The van der Waals surface area contributed by atoms with Crippen LogP contribution in [0.15, 0.2) is 23.1 Å². The van der Waals surface area contributed by atoms with E-state index < -0.39 is 9.84 Å². The van der Waals surface area contributed by atoms with Crippen molar-refractivity contribution in [3.63, 3.8) is 0 Å². The fourth-order valence-corrected chi connectivity index (χ4v) is 3.11. The second kappa shape index (κ2) is 4.93. The Morgan fingerprint density at radius 3 is 2.78 bits per heavy atom. The Bertz CT molecular complexity index is 662. The maximum Gasteiger partial charge on any atom is 0.175 e. The summed E-state index contributed by atoms with van der Waals surface area (Å²) in [7, 11) is -3.17. The second-order valence-corrected chi connectivity index (χ2v) is 7.36. The summed E-state index contributed by atoms with van der Waals surface area (Å²) < 4.78 is 23.0. The van der Waals surface area contributed by atoms with Gasteiger partial charge in [-0.3, -0.25) is 0 Å². The molecule has 1 aromatic carbocycles. The largest absolute Gasteiger partial charge is 0.342 e. The summed E-state index contributed by atoms with van der Waals surface area (Å²) in [6, 6.07) is 4.99. The molecule has 0 saturated carbocycles. The van der Waals surface area contributed by atoms with E-state index in [1.807, 2.05) is 0 Å². The van der Waals surface area contributed by atoms with Crippen LogP contribution in [-0.2, 0) is 9.84 Å². The molecule has 1 atom stereocenters. The SMILES string of the molecule is CSCC(C)c1nc2ccc(S(C)(=O)=O)cc2[nH]1. The van der Waals surface area contributed by atoms with Gasteiger partial charge in [-0.05, 0) is 24.5 Å². The monoisotopic (exact) mass is 284 g/mol. The summed E-state index contributed by atoms with van der Waals surface area (Å²) in [6.07, 6.45) is 3.27. The Kier molecular flexibility index (Phi) is 3.68. The number of benzene rings is 1. The van der Waals surface area contributed by atoms with Crippen LogP contribution < -0.4 is 0 Å². The van der Waals surface area contributed by atoms with Crippen molar-refractivity contribution in [2.45, 2.75) is 17.7 Å². The van der Waals surface area contributed by atoms with E-state index in [1.165, 1.54) is 6.26 Å². The average Bonchev–Trinajstić information content (AvgIpc) is 2.70. The molecule has 1 heterocycles. The highest BCUT2D eigenvalue weighted by Crippen LogP contribution is 2.22. The van der Waals surface area contributed by atoms with Crippen LogP contribution in [-0.4, -0.2) is 36.7 Å². The molecule has 0 saturated heterocycles. The van der Waals surface area contributed by atoms with Gasteiger partial charge in [0.05, 0.1) is 15.9 Å². The minimum absolute atomic E-state index is 0.322.